The number of rotatable bonds is 2. The maximum atomic E-state index is 12.5. The van der Waals surface area contributed by atoms with Crippen molar-refractivity contribution in [1.82, 2.24) is 5.01 Å². The molecule has 0 aromatic heterocycles. The van der Waals surface area contributed by atoms with E-state index in [2.05, 4.69) is 11.2 Å². The molecule has 4 heteroatoms. The lowest BCUT2D eigenvalue weighted by molar-refractivity contribution is 0.0853. The molecule has 4 nitrogen and oxygen atoms in total. The first-order chi connectivity index (χ1) is 9.31. The Morgan fingerprint density at radius 3 is 2.89 bits per heavy atom. The molecule has 1 saturated heterocycles. The minimum atomic E-state index is -0.335. The van der Waals surface area contributed by atoms with Gasteiger partial charge in [0.1, 0.15) is 6.04 Å². The Hall–Kier alpha value is -2.41. The quantitative estimate of drug-likeness (QED) is 0.755. The standard InChI is InChI=1S/C15H13N3O/c16-10-12-9-14(18-13(12)7-4-8-17-18)15(19)11-5-2-1-3-6-11/h1-8,12-14H,9H2. The lowest BCUT2D eigenvalue weighted by atomic mass is 9.97. The van der Waals surface area contributed by atoms with Gasteiger partial charge in [-0.2, -0.15) is 10.4 Å². The molecule has 0 spiro atoms. The number of hydrogen-bond donors (Lipinski definition) is 0. The average Bonchev–Trinajstić information content (AvgIpc) is 2.86. The molecular formula is C15H13N3O. The molecule has 0 aliphatic carbocycles. The SMILES string of the molecule is N#CC1CC(C(=O)c2ccccc2)N2N=CC=CC12. The Labute approximate surface area is 111 Å². The van der Waals surface area contributed by atoms with Crippen molar-refractivity contribution in [3.8, 4) is 6.07 Å². The van der Waals surface area contributed by atoms with E-state index in [0.717, 1.165) is 0 Å². The predicted octanol–water partition coefficient (Wildman–Crippen LogP) is 2.01. The number of benzene rings is 1. The number of nitrogens with zero attached hydrogens (tertiary/aromatic N) is 3. The van der Waals surface area contributed by atoms with E-state index < -0.39 is 0 Å². The molecule has 0 saturated carbocycles. The maximum Gasteiger partial charge on any atom is 0.186 e. The van der Waals surface area contributed by atoms with Crippen LogP contribution in [0.1, 0.15) is 16.8 Å². The number of hydrogen-bond acceptors (Lipinski definition) is 4. The van der Waals surface area contributed by atoms with Gasteiger partial charge < -0.3 is 0 Å². The van der Waals surface area contributed by atoms with Gasteiger partial charge in [-0.25, -0.2) is 0 Å². The van der Waals surface area contributed by atoms with Gasteiger partial charge in [0.2, 0.25) is 0 Å². The third kappa shape index (κ3) is 1.93. The summed E-state index contributed by atoms with van der Waals surface area (Å²) in [5.41, 5.74) is 0.676. The van der Waals surface area contributed by atoms with E-state index in [1.807, 2.05) is 30.4 Å². The zero-order valence-electron chi connectivity index (χ0n) is 10.3. The van der Waals surface area contributed by atoms with E-state index in [4.69, 9.17) is 0 Å². The van der Waals surface area contributed by atoms with Crippen molar-refractivity contribution in [3.05, 3.63) is 48.0 Å². The molecule has 2 aliphatic heterocycles. The normalized spacial score (nSPS) is 27.9. The van der Waals surface area contributed by atoms with Gasteiger partial charge >= 0.3 is 0 Å². The monoisotopic (exact) mass is 251 g/mol. The molecule has 3 unspecified atom stereocenters. The summed E-state index contributed by atoms with van der Waals surface area (Å²) in [6, 6.07) is 11.1. The molecular weight excluding hydrogens is 238 g/mol. The van der Waals surface area contributed by atoms with Gasteiger partial charge in [-0.1, -0.05) is 36.4 Å². The number of carbonyl (C=O) groups excluding carboxylic acids is 1. The average molecular weight is 251 g/mol. The molecule has 0 amide bonds. The topological polar surface area (TPSA) is 56.5 Å². The summed E-state index contributed by atoms with van der Waals surface area (Å²) >= 11 is 0. The van der Waals surface area contributed by atoms with Gasteiger partial charge in [-0.3, -0.25) is 9.80 Å². The van der Waals surface area contributed by atoms with Crippen LogP contribution in [0.15, 0.2) is 47.6 Å². The van der Waals surface area contributed by atoms with Crippen LogP contribution in [-0.2, 0) is 0 Å². The fourth-order valence-corrected chi connectivity index (χ4v) is 2.69. The highest BCUT2D eigenvalue weighted by molar-refractivity contribution is 6.00. The largest absolute Gasteiger partial charge is 0.292 e. The molecule has 2 heterocycles. The van der Waals surface area contributed by atoms with Gasteiger partial charge in [0, 0.05) is 11.8 Å². The third-order valence-corrected chi connectivity index (χ3v) is 3.64. The predicted molar refractivity (Wildman–Crippen MR) is 71.5 cm³/mol. The first kappa shape index (κ1) is 11.7. The summed E-state index contributed by atoms with van der Waals surface area (Å²) in [6.45, 7) is 0. The number of nitriles is 1. The van der Waals surface area contributed by atoms with Crippen LogP contribution in [0.2, 0.25) is 0 Å². The number of fused-ring (bicyclic) bond motifs is 1. The van der Waals surface area contributed by atoms with Crippen LogP contribution in [-0.4, -0.2) is 29.1 Å². The van der Waals surface area contributed by atoms with E-state index in [-0.39, 0.29) is 23.8 Å². The summed E-state index contributed by atoms with van der Waals surface area (Å²) < 4.78 is 0. The van der Waals surface area contributed by atoms with E-state index in [1.54, 1.807) is 23.4 Å². The van der Waals surface area contributed by atoms with E-state index in [9.17, 15) is 10.1 Å². The van der Waals surface area contributed by atoms with E-state index >= 15 is 0 Å². The molecule has 0 bridgehead atoms. The second-order valence-electron chi connectivity index (χ2n) is 4.74. The number of hydrazone groups is 1. The van der Waals surface area contributed by atoms with Crippen molar-refractivity contribution >= 4 is 12.0 Å². The highest BCUT2D eigenvalue weighted by Gasteiger charge is 2.43. The summed E-state index contributed by atoms with van der Waals surface area (Å²) in [4.78, 5) is 12.5. The van der Waals surface area contributed by atoms with Crippen LogP contribution in [0.25, 0.3) is 0 Å². The van der Waals surface area contributed by atoms with Gasteiger partial charge in [-0.15, -0.1) is 0 Å². The van der Waals surface area contributed by atoms with Crippen LogP contribution in [0.5, 0.6) is 0 Å². The fourth-order valence-electron chi connectivity index (χ4n) is 2.69. The highest BCUT2D eigenvalue weighted by Crippen LogP contribution is 2.33. The fraction of sp³-hybridized carbons (Fsp3) is 0.267. The maximum absolute atomic E-state index is 12.5. The summed E-state index contributed by atoms with van der Waals surface area (Å²) in [7, 11) is 0. The van der Waals surface area contributed by atoms with Gasteiger partial charge in [0.25, 0.3) is 0 Å². The van der Waals surface area contributed by atoms with Crippen molar-refractivity contribution in [3.63, 3.8) is 0 Å². The first-order valence-electron chi connectivity index (χ1n) is 6.29. The van der Waals surface area contributed by atoms with Crippen molar-refractivity contribution in [2.75, 3.05) is 0 Å². The first-order valence-corrected chi connectivity index (χ1v) is 6.29. The Kier molecular flexibility index (Phi) is 2.88. The molecule has 1 fully saturated rings. The highest BCUT2D eigenvalue weighted by atomic mass is 16.1. The summed E-state index contributed by atoms with van der Waals surface area (Å²) in [5.74, 6) is -0.137. The zero-order valence-corrected chi connectivity index (χ0v) is 10.3. The Morgan fingerprint density at radius 2 is 2.16 bits per heavy atom. The number of Topliss-reactive ketones (excluding diaryl/α,β-unsaturated/α-hetero) is 1. The second kappa shape index (κ2) is 4.69. The molecule has 1 aromatic rings. The summed E-state index contributed by atoms with van der Waals surface area (Å²) in [6.07, 6.45) is 5.98. The Morgan fingerprint density at radius 1 is 1.37 bits per heavy atom. The van der Waals surface area contributed by atoms with Crippen molar-refractivity contribution in [1.29, 1.82) is 5.26 Å². The van der Waals surface area contributed by atoms with E-state index in [1.165, 1.54) is 0 Å². The molecule has 94 valence electrons. The van der Waals surface area contributed by atoms with Crippen molar-refractivity contribution < 1.29 is 4.79 Å². The van der Waals surface area contributed by atoms with Crippen molar-refractivity contribution in [2.24, 2.45) is 11.0 Å². The molecule has 2 aliphatic rings. The summed E-state index contributed by atoms with van der Waals surface area (Å²) in [5, 5.41) is 15.2. The smallest absolute Gasteiger partial charge is 0.186 e. The minimum Gasteiger partial charge on any atom is -0.292 e. The Bertz CT molecular complexity index is 585. The second-order valence-corrected chi connectivity index (χ2v) is 4.74. The lowest BCUT2D eigenvalue weighted by Crippen LogP contribution is -2.37. The molecule has 0 radical (unpaired) electrons. The minimum absolute atomic E-state index is 0.0378. The van der Waals surface area contributed by atoms with Crippen LogP contribution in [0, 0.1) is 17.2 Å². The van der Waals surface area contributed by atoms with Gasteiger partial charge in [0.05, 0.1) is 18.0 Å². The molecule has 3 rings (SSSR count). The molecule has 19 heavy (non-hydrogen) atoms. The van der Waals surface area contributed by atoms with Crippen LogP contribution in [0.3, 0.4) is 0 Å². The number of allylic oxidation sites excluding steroid dienone is 1. The Balaban J connectivity index is 1.90. The number of carbonyl (C=O) groups is 1. The van der Waals surface area contributed by atoms with Gasteiger partial charge in [-0.05, 0) is 12.5 Å². The molecule has 1 aromatic carbocycles. The lowest BCUT2D eigenvalue weighted by Gasteiger charge is -2.26. The zero-order chi connectivity index (χ0) is 13.2. The van der Waals surface area contributed by atoms with Crippen molar-refractivity contribution in [2.45, 2.75) is 18.5 Å². The van der Waals surface area contributed by atoms with Gasteiger partial charge in [0.15, 0.2) is 5.78 Å². The van der Waals surface area contributed by atoms with Crippen LogP contribution in [0.4, 0.5) is 0 Å². The van der Waals surface area contributed by atoms with E-state index in [0.29, 0.717) is 12.0 Å². The van der Waals surface area contributed by atoms with Crippen LogP contribution < -0.4 is 0 Å². The third-order valence-electron chi connectivity index (χ3n) is 3.64. The number of ketones is 1. The molecule has 0 N–H and O–H groups in total. The van der Waals surface area contributed by atoms with Crippen LogP contribution >= 0.6 is 0 Å². The molecule has 3 atom stereocenters.